The minimum Gasteiger partial charge on any atom is -0.444 e. The molecule has 0 aliphatic carbocycles. The molecule has 4 heteroatoms. The van der Waals surface area contributed by atoms with Gasteiger partial charge in [-0.1, -0.05) is 0 Å². The zero-order valence-electron chi connectivity index (χ0n) is 8.24. The van der Waals surface area contributed by atoms with E-state index in [-0.39, 0.29) is 12.1 Å². The van der Waals surface area contributed by atoms with Crippen LogP contribution in [0, 0.1) is 6.92 Å². The first kappa shape index (κ1) is 10.2. The van der Waals surface area contributed by atoms with Gasteiger partial charge in [0.25, 0.3) is 0 Å². The lowest BCUT2D eigenvalue weighted by Gasteiger charge is -2.11. The number of aliphatic hydroxyl groups is 1. The zero-order chi connectivity index (χ0) is 9.84. The van der Waals surface area contributed by atoms with E-state index in [2.05, 4.69) is 10.3 Å². The highest BCUT2D eigenvalue weighted by molar-refractivity contribution is 4.94. The zero-order valence-corrected chi connectivity index (χ0v) is 8.24. The maximum absolute atomic E-state index is 9.04. The van der Waals surface area contributed by atoms with Gasteiger partial charge in [0.2, 0.25) is 5.89 Å². The third-order valence-corrected chi connectivity index (χ3v) is 1.73. The molecule has 0 aliphatic heterocycles. The van der Waals surface area contributed by atoms with E-state index in [1.165, 1.54) is 0 Å². The largest absolute Gasteiger partial charge is 0.444 e. The van der Waals surface area contributed by atoms with Crippen molar-refractivity contribution in [3.05, 3.63) is 17.8 Å². The number of nitrogens with one attached hydrogen (secondary N) is 1. The van der Waals surface area contributed by atoms with Crippen molar-refractivity contribution >= 4 is 0 Å². The van der Waals surface area contributed by atoms with E-state index < -0.39 is 0 Å². The molecule has 4 nitrogen and oxygen atoms in total. The summed E-state index contributed by atoms with van der Waals surface area (Å²) in [5, 5.41) is 12.1. The van der Waals surface area contributed by atoms with Crippen LogP contribution in [0.5, 0.6) is 0 Å². The fourth-order valence-corrected chi connectivity index (χ4v) is 1.01. The molecule has 1 rings (SSSR count). The number of aliphatic hydroxyl groups excluding tert-OH is 1. The predicted molar refractivity (Wildman–Crippen MR) is 49.3 cm³/mol. The summed E-state index contributed by atoms with van der Waals surface area (Å²) in [6.07, 6.45) is 1.34. The third-order valence-electron chi connectivity index (χ3n) is 1.73. The normalized spacial score (nSPS) is 15.7. The molecule has 13 heavy (non-hydrogen) atoms. The van der Waals surface area contributed by atoms with E-state index in [4.69, 9.17) is 9.52 Å². The summed E-state index contributed by atoms with van der Waals surface area (Å²) in [5.74, 6) is 1.47. The van der Waals surface area contributed by atoms with Crippen LogP contribution in [0.3, 0.4) is 0 Å². The van der Waals surface area contributed by atoms with Gasteiger partial charge in [-0.25, -0.2) is 4.98 Å². The number of rotatable bonds is 4. The Labute approximate surface area is 78.0 Å². The quantitative estimate of drug-likeness (QED) is 0.733. The Morgan fingerprint density at radius 1 is 1.62 bits per heavy atom. The number of oxazole rings is 1. The molecule has 0 amide bonds. The summed E-state index contributed by atoms with van der Waals surface area (Å²) in [5.41, 5.74) is 0. The van der Waals surface area contributed by atoms with Gasteiger partial charge in [-0.3, -0.25) is 0 Å². The van der Waals surface area contributed by atoms with Crippen molar-refractivity contribution in [3.63, 3.8) is 0 Å². The smallest absolute Gasteiger partial charge is 0.211 e. The highest BCUT2D eigenvalue weighted by Gasteiger charge is 2.10. The highest BCUT2D eigenvalue weighted by atomic mass is 16.4. The number of aryl methyl sites for hydroxylation is 1. The van der Waals surface area contributed by atoms with E-state index in [1.807, 2.05) is 13.8 Å². The van der Waals surface area contributed by atoms with Gasteiger partial charge in [0.1, 0.15) is 5.76 Å². The van der Waals surface area contributed by atoms with E-state index in [0.29, 0.717) is 12.4 Å². The third kappa shape index (κ3) is 3.16. The van der Waals surface area contributed by atoms with Crippen molar-refractivity contribution in [1.29, 1.82) is 0 Å². The number of nitrogens with zero attached hydrogens (tertiary/aromatic N) is 1. The Kier molecular flexibility index (Phi) is 3.45. The van der Waals surface area contributed by atoms with Crippen molar-refractivity contribution in [1.82, 2.24) is 10.3 Å². The van der Waals surface area contributed by atoms with Crippen LogP contribution in [-0.2, 0) is 0 Å². The Morgan fingerprint density at radius 2 is 2.31 bits per heavy atom. The first-order chi connectivity index (χ1) is 6.09. The lowest BCUT2D eigenvalue weighted by atomic mass is 10.3. The van der Waals surface area contributed by atoms with Gasteiger partial charge < -0.3 is 14.8 Å². The summed E-state index contributed by atoms with van der Waals surface area (Å²) in [4.78, 5) is 4.08. The molecular weight excluding hydrogens is 168 g/mol. The molecule has 2 N–H and O–H groups in total. The second-order valence-corrected chi connectivity index (χ2v) is 3.29. The van der Waals surface area contributed by atoms with E-state index >= 15 is 0 Å². The lowest BCUT2D eigenvalue weighted by molar-refractivity contribution is 0.184. The number of aromatic nitrogens is 1. The standard InChI is InChI=1S/C9H16N2O2/c1-6(12)4-10-8(3)9-11-5-7(2)13-9/h5-6,8,10,12H,4H2,1-3H3. The Balaban J connectivity index is 2.44. The molecule has 0 saturated heterocycles. The van der Waals surface area contributed by atoms with Crippen molar-refractivity contribution in [2.75, 3.05) is 6.54 Å². The van der Waals surface area contributed by atoms with E-state index in [1.54, 1.807) is 13.1 Å². The minimum atomic E-state index is -0.349. The van der Waals surface area contributed by atoms with Crippen molar-refractivity contribution in [2.45, 2.75) is 32.9 Å². The molecule has 74 valence electrons. The molecule has 0 aromatic carbocycles. The van der Waals surface area contributed by atoms with Crippen LogP contribution >= 0.6 is 0 Å². The number of hydrogen-bond donors (Lipinski definition) is 2. The second-order valence-electron chi connectivity index (χ2n) is 3.29. The lowest BCUT2D eigenvalue weighted by Crippen LogP contribution is -2.27. The summed E-state index contributed by atoms with van der Waals surface area (Å²) in [7, 11) is 0. The Hall–Kier alpha value is -0.870. The molecule has 2 unspecified atom stereocenters. The average Bonchev–Trinajstić information content (AvgIpc) is 2.47. The molecule has 0 aliphatic rings. The molecule has 0 fully saturated rings. The molecule has 1 aromatic heterocycles. The summed E-state index contributed by atoms with van der Waals surface area (Å²) in [6, 6.07) is 0.0447. The number of hydrogen-bond acceptors (Lipinski definition) is 4. The Bertz CT molecular complexity index is 258. The van der Waals surface area contributed by atoms with Gasteiger partial charge in [0, 0.05) is 6.54 Å². The van der Waals surface area contributed by atoms with Gasteiger partial charge in [0.15, 0.2) is 0 Å². The topological polar surface area (TPSA) is 58.3 Å². The molecular formula is C9H16N2O2. The van der Waals surface area contributed by atoms with Gasteiger partial charge in [0.05, 0.1) is 18.3 Å². The average molecular weight is 184 g/mol. The van der Waals surface area contributed by atoms with Crippen LogP contribution in [0.1, 0.15) is 31.5 Å². The maximum Gasteiger partial charge on any atom is 0.211 e. The molecule has 1 aromatic rings. The molecule has 0 bridgehead atoms. The summed E-state index contributed by atoms with van der Waals surface area (Å²) >= 11 is 0. The van der Waals surface area contributed by atoms with Crippen molar-refractivity contribution in [2.24, 2.45) is 0 Å². The van der Waals surface area contributed by atoms with Gasteiger partial charge >= 0.3 is 0 Å². The first-order valence-electron chi connectivity index (χ1n) is 4.43. The van der Waals surface area contributed by atoms with Crippen molar-refractivity contribution < 1.29 is 9.52 Å². The predicted octanol–water partition coefficient (Wildman–Crippen LogP) is 1.01. The molecule has 0 saturated carbocycles. The summed E-state index contributed by atoms with van der Waals surface area (Å²) in [6.45, 7) is 6.09. The fourth-order valence-electron chi connectivity index (χ4n) is 1.01. The van der Waals surface area contributed by atoms with Crippen LogP contribution in [0.2, 0.25) is 0 Å². The van der Waals surface area contributed by atoms with Crippen LogP contribution in [0.25, 0.3) is 0 Å². The highest BCUT2D eigenvalue weighted by Crippen LogP contribution is 2.11. The summed E-state index contributed by atoms with van der Waals surface area (Å²) < 4.78 is 5.32. The SMILES string of the molecule is Cc1cnc(C(C)NCC(C)O)o1. The maximum atomic E-state index is 9.04. The minimum absolute atomic E-state index is 0.0447. The van der Waals surface area contributed by atoms with Gasteiger partial charge in [-0.15, -0.1) is 0 Å². The monoisotopic (exact) mass is 184 g/mol. The molecule has 1 heterocycles. The van der Waals surface area contributed by atoms with Crippen molar-refractivity contribution in [3.8, 4) is 0 Å². The van der Waals surface area contributed by atoms with Crippen LogP contribution < -0.4 is 5.32 Å². The van der Waals surface area contributed by atoms with E-state index in [9.17, 15) is 0 Å². The molecule has 0 spiro atoms. The van der Waals surface area contributed by atoms with Crippen LogP contribution in [0.4, 0.5) is 0 Å². The van der Waals surface area contributed by atoms with Gasteiger partial charge in [-0.2, -0.15) is 0 Å². The van der Waals surface area contributed by atoms with E-state index in [0.717, 1.165) is 5.76 Å². The second kappa shape index (κ2) is 4.39. The fraction of sp³-hybridized carbons (Fsp3) is 0.667. The molecule has 0 radical (unpaired) electrons. The van der Waals surface area contributed by atoms with Crippen LogP contribution in [0.15, 0.2) is 10.6 Å². The van der Waals surface area contributed by atoms with Gasteiger partial charge in [-0.05, 0) is 20.8 Å². The molecule has 2 atom stereocenters. The first-order valence-corrected chi connectivity index (χ1v) is 4.43. The Morgan fingerprint density at radius 3 is 2.77 bits per heavy atom. The van der Waals surface area contributed by atoms with Crippen LogP contribution in [-0.4, -0.2) is 22.7 Å².